The van der Waals surface area contributed by atoms with Crippen LogP contribution in [0.4, 0.5) is 0 Å². The number of likely N-dealkylation sites (tertiary alicyclic amines) is 1. The molecule has 0 radical (unpaired) electrons. The van der Waals surface area contributed by atoms with E-state index in [-0.39, 0.29) is 0 Å². The Kier molecular flexibility index (Phi) is 6.06. The Labute approximate surface area is 128 Å². The van der Waals surface area contributed by atoms with Gasteiger partial charge in [0.05, 0.1) is 0 Å². The second-order valence-electron chi connectivity index (χ2n) is 6.50. The lowest BCUT2D eigenvalue weighted by atomic mass is 9.95. The van der Waals surface area contributed by atoms with Gasteiger partial charge in [-0.25, -0.2) is 0 Å². The molecule has 1 aliphatic heterocycles. The first-order chi connectivity index (χ1) is 9.60. The molecule has 2 nitrogen and oxygen atoms in total. The van der Waals surface area contributed by atoms with Gasteiger partial charge in [-0.05, 0) is 56.3 Å². The minimum Gasteiger partial charge on any atom is -0.312 e. The van der Waals surface area contributed by atoms with Crippen LogP contribution in [0.2, 0.25) is 0 Å². The molecular formula is C17H30N2S. The number of rotatable bonds is 7. The minimum absolute atomic E-state index is 0.831. The number of thiophene rings is 1. The van der Waals surface area contributed by atoms with Gasteiger partial charge in [0.25, 0.3) is 0 Å². The van der Waals surface area contributed by atoms with Gasteiger partial charge >= 0.3 is 0 Å². The predicted octanol–water partition coefficient (Wildman–Crippen LogP) is 4.03. The summed E-state index contributed by atoms with van der Waals surface area (Å²) in [7, 11) is 0. The maximum absolute atomic E-state index is 3.50. The van der Waals surface area contributed by atoms with Crippen LogP contribution in [0.3, 0.4) is 0 Å². The highest BCUT2D eigenvalue weighted by atomic mass is 32.1. The number of nitrogens with zero attached hydrogens (tertiary/aromatic N) is 1. The maximum Gasteiger partial charge on any atom is 0.0299 e. The molecule has 0 spiro atoms. The van der Waals surface area contributed by atoms with Crippen LogP contribution in [-0.2, 0) is 13.1 Å². The molecule has 1 atom stereocenters. The van der Waals surface area contributed by atoms with E-state index in [4.69, 9.17) is 0 Å². The van der Waals surface area contributed by atoms with Crippen molar-refractivity contribution in [2.45, 2.75) is 53.6 Å². The van der Waals surface area contributed by atoms with E-state index in [0.717, 1.165) is 31.5 Å². The largest absolute Gasteiger partial charge is 0.312 e. The van der Waals surface area contributed by atoms with Crippen molar-refractivity contribution in [3.8, 4) is 0 Å². The van der Waals surface area contributed by atoms with Gasteiger partial charge in [-0.1, -0.05) is 20.8 Å². The van der Waals surface area contributed by atoms with Crippen molar-refractivity contribution in [3.05, 3.63) is 21.4 Å². The molecule has 2 heterocycles. The van der Waals surface area contributed by atoms with Gasteiger partial charge < -0.3 is 5.32 Å². The average Bonchev–Trinajstić information content (AvgIpc) is 2.98. The van der Waals surface area contributed by atoms with Gasteiger partial charge in [0, 0.05) is 29.4 Å². The first kappa shape index (κ1) is 16.0. The van der Waals surface area contributed by atoms with Gasteiger partial charge in [-0.3, -0.25) is 4.90 Å². The van der Waals surface area contributed by atoms with Crippen LogP contribution >= 0.6 is 11.3 Å². The molecule has 114 valence electrons. The first-order valence-electron chi connectivity index (χ1n) is 8.11. The molecule has 0 amide bonds. The summed E-state index contributed by atoms with van der Waals surface area (Å²) in [6.45, 7) is 15.1. The second-order valence-corrected chi connectivity index (χ2v) is 7.84. The van der Waals surface area contributed by atoms with E-state index >= 15 is 0 Å². The van der Waals surface area contributed by atoms with E-state index in [9.17, 15) is 0 Å². The number of aryl methyl sites for hydroxylation is 1. The van der Waals surface area contributed by atoms with Crippen molar-refractivity contribution in [2.75, 3.05) is 19.6 Å². The zero-order valence-electron chi connectivity index (χ0n) is 13.5. The van der Waals surface area contributed by atoms with Crippen LogP contribution in [0.25, 0.3) is 0 Å². The summed E-state index contributed by atoms with van der Waals surface area (Å²) >= 11 is 1.97. The molecule has 1 aromatic rings. The summed E-state index contributed by atoms with van der Waals surface area (Å²) in [6, 6.07) is 2.42. The van der Waals surface area contributed by atoms with Crippen molar-refractivity contribution in [2.24, 2.45) is 11.8 Å². The van der Waals surface area contributed by atoms with E-state index in [1.165, 1.54) is 35.7 Å². The van der Waals surface area contributed by atoms with Gasteiger partial charge in [0.1, 0.15) is 0 Å². The Balaban J connectivity index is 1.87. The number of hydrogen-bond donors (Lipinski definition) is 1. The molecule has 1 aromatic heterocycles. The molecular weight excluding hydrogens is 264 g/mol. The molecule has 3 heteroatoms. The molecule has 0 saturated carbocycles. The fourth-order valence-corrected chi connectivity index (χ4v) is 4.03. The van der Waals surface area contributed by atoms with Crippen molar-refractivity contribution >= 4 is 11.3 Å². The maximum atomic E-state index is 3.50. The zero-order chi connectivity index (χ0) is 14.5. The minimum atomic E-state index is 0.831. The van der Waals surface area contributed by atoms with Crippen LogP contribution in [0.1, 0.15) is 48.9 Å². The van der Waals surface area contributed by atoms with E-state index in [1.54, 1.807) is 5.56 Å². The van der Waals surface area contributed by atoms with Gasteiger partial charge in [0.15, 0.2) is 0 Å². The Bertz CT molecular complexity index is 411. The van der Waals surface area contributed by atoms with E-state index < -0.39 is 0 Å². The van der Waals surface area contributed by atoms with E-state index in [1.807, 2.05) is 11.3 Å². The third-order valence-corrected chi connectivity index (χ3v) is 5.54. The molecule has 0 aliphatic carbocycles. The van der Waals surface area contributed by atoms with Crippen LogP contribution in [0, 0.1) is 18.8 Å². The summed E-state index contributed by atoms with van der Waals surface area (Å²) < 4.78 is 0. The van der Waals surface area contributed by atoms with Crippen molar-refractivity contribution in [3.63, 3.8) is 0 Å². The highest BCUT2D eigenvalue weighted by Crippen LogP contribution is 2.28. The average molecular weight is 295 g/mol. The van der Waals surface area contributed by atoms with Gasteiger partial charge in [-0.2, -0.15) is 0 Å². The Morgan fingerprint density at radius 1 is 1.45 bits per heavy atom. The quantitative estimate of drug-likeness (QED) is 0.764. The fraction of sp³-hybridized carbons (Fsp3) is 0.765. The SMILES string of the molecule is CCCNCc1cc(CN2CCC(C(C)C)C2)c(C)s1. The monoisotopic (exact) mass is 294 g/mol. The molecule has 1 fully saturated rings. The number of hydrogen-bond acceptors (Lipinski definition) is 3. The van der Waals surface area contributed by atoms with E-state index in [2.05, 4.69) is 44.0 Å². The molecule has 1 saturated heterocycles. The molecule has 1 aliphatic rings. The standard InChI is InChI=1S/C17H30N2S/c1-5-7-18-10-17-9-16(14(4)20-17)12-19-8-6-15(11-19)13(2)3/h9,13,15,18H,5-8,10-12H2,1-4H3. The van der Waals surface area contributed by atoms with Gasteiger partial charge in [-0.15, -0.1) is 11.3 Å². The summed E-state index contributed by atoms with van der Waals surface area (Å²) in [5, 5.41) is 3.50. The topological polar surface area (TPSA) is 15.3 Å². The summed E-state index contributed by atoms with van der Waals surface area (Å²) in [6.07, 6.45) is 2.59. The lowest BCUT2D eigenvalue weighted by molar-refractivity contribution is 0.296. The second kappa shape index (κ2) is 7.58. The third-order valence-electron chi connectivity index (χ3n) is 4.44. The summed E-state index contributed by atoms with van der Waals surface area (Å²) in [4.78, 5) is 5.64. The Morgan fingerprint density at radius 3 is 2.90 bits per heavy atom. The molecule has 0 aromatic carbocycles. The van der Waals surface area contributed by atoms with E-state index in [0.29, 0.717) is 0 Å². The van der Waals surface area contributed by atoms with Crippen LogP contribution in [0.15, 0.2) is 6.07 Å². The zero-order valence-corrected chi connectivity index (χ0v) is 14.4. The number of nitrogens with one attached hydrogen (secondary N) is 1. The predicted molar refractivity (Wildman–Crippen MR) is 89.3 cm³/mol. The van der Waals surface area contributed by atoms with Crippen molar-refractivity contribution < 1.29 is 0 Å². The molecule has 1 unspecified atom stereocenters. The molecule has 0 bridgehead atoms. The first-order valence-corrected chi connectivity index (χ1v) is 8.93. The van der Waals surface area contributed by atoms with Crippen molar-refractivity contribution in [1.82, 2.24) is 10.2 Å². The lowest BCUT2D eigenvalue weighted by Gasteiger charge is -2.17. The molecule has 20 heavy (non-hydrogen) atoms. The van der Waals surface area contributed by atoms with Crippen LogP contribution < -0.4 is 5.32 Å². The van der Waals surface area contributed by atoms with Gasteiger partial charge in [0.2, 0.25) is 0 Å². The van der Waals surface area contributed by atoms with Crippen molar-refractivity contribution in [1.29, 1.82) is 0 Å². The summed E-state index contributed by atoms with van der Waals surface area (Å²) in [5.41, 5.74) is 1.55. The molecule has 2 rings (SSSR count). The summed E-state index contributed by atoms with van der Waals surface area (Å²) in [5.74, 6) is 1.73. The highest BCUT2D eigenvalue weighted by Gasteiger charge is 2.25. The molecule has 1 N–H and O–H groups in total. The normalized spacial score (nSPS) is 20.1. The third kappa shape index (κ3) is 4.31. The Morgan fingerprint density at radius 2 is 2.25 bits per heavy atom. The Hall–Kier alpha value is -0.380. The van der Waals surface area contributed by atoms with Crippen LogP contribution in [0.5, 0.6) is 0 Å². The van der Waals surface area contributed by atoms with Crippen LogP contribution in [-0.4, -0.2) is 24.5 Å². The fourth-order valence-electron chi connectivity index (χ4n) is 3.01. The highest BCUT2D eigenvalue weighted by molar-refractivity contribution is 7.12. The lowest BCUT2D eigenvalue weighted by Crippen LogP contribution is -2.21. The smallest absolute Gasteiger partial charge is 0.0299 e.